The summed E-state index contributed by atoms with van der Waals surface area (Å²) in [6.07, 6.45) is 9.22. The molecule has 0 heterocycles. The summed E-state index contributed by atoms with van der Waals surface area (Å²) >= 11 is 5.20. The zero-order valence-corrected chi connectivity index (χ0v) is 13.2. The molecule has 0 saturated heterocycles. The molecule has 3 saturated carbocycles. The Morgan fingerprint density at radius 3 is 2.50 bits per heavy atom. The first-order valence-corrected chi connectivity index (χ1v) is 8.54. The van der Waals surface area contributed by atoms with Crippen LogP contribution in [0, 0.1) is 23.2 Å². The first-order valence-electron chi connectivity index (χ1n) is 8.14. The molecule has 3 aliphatic rings. The highest BCUT2D eigenvalue weighted by atomic mass is 32.1. The Morgan fingerprint density at radius 1 is 1.30 bits per heavy atom. The molecule has 0 aromatic rings. The number of carbonyl (C=O) groups excluding carboxylic acids is 1. The lowest BCUT2D eigenvalue weighted by atomic mass is 9.81. The van der Waals surface area contributed by atoms with Crippen molar-refractivity contribution in [3.8, 4) is 0 Å². The predicted octanol–water partition coefficient (Wildman–Crippen LogP) is 2.77. The molecule has 3 fully saturated rings. The van der Waals surface area contributed by atoms with E-state index in [-0.39, 0.29) is 11.9 Å². The van der Waals surface area contributed by atoms with Crippen molar-refractivity contribution in [3.63, 3.8) is 0 Å². The summed E-state index contributed by atoms with van der Waals surface area (Å²) in [7, 11) is 0. The van der Waals surface area contributed by atoms with Gasteiger partial charge in [-0.15, -0.1) is 0 Å². The molecule has 0 aromatic carbocycles. The maximum Gasteiger partial charge on any atom is 0.233 e. The van der Waals surface area contributed by atoms with E-state index in [0.717, 1.165) is 37.5 Å². The first kappa shape index (κ1) is 14.3. The molecule has 112 valence electrons. The maximum atomic E-state index is 12.7. The Labute approximate surface area is 127 Å². The lowest BCUT2D eigenvalue weighted by molar-refractivity contribution is -0.128. The standard InChI is InChI=1S/C16H26N2OS/c1-10(13-9-11-4-5-12(13)8-11)18-15(19)16(14(17)20)6-2-3-7-16/h10-13H,2-9H2,1H3,(H2,17,20)(H,18,19). The predicted molar refractivity (Wildman–Crippen MR) is 84.2 cm³/mol. The molecule has 0 aromatic heterocycles. The van der Waals surface area contributed by atoms with Crippen LogP contribution in [0.15, 0.2) is 0 Å². The number of nitrogens with two attached hydrogens (primary N) is 1. The summed E-state index contributed by atoms with van der Waals surface area (Å²) in [5, 5.41) is 3.26. The van der Waals surface area contributed by atoms with Gasteiger partial charge in [-0.2, -0.15) is 0 Å². The van der Waals surface area contributed by atoms with Gasteiger partial charge < -0.3 is 11.1 Å². The van der Waals surface area contributed by atoms with Gasteiger partial charge >= 0.3 is 0 Å². The first-order chi connectivity index (χ1) is 9.53. The average molecular weight is 294 g/mol. The summed E-state index contributed by atoms with van der Waals surface area (Å²) in [6, 6.07) is 0.268. The van der Waals surface area contributed by atoms with Crippen LogP contribution < -0.4 is 11.1 Å². The molecule has 2 bridgehead atoms. The van der Waals surface area contributed by atoms with E-state index in [1.807, 2.05) is 0 Å². The van der Waals surface area contributed by atoms with Crippen LogP contribution in [0.3, 0.4) is 0 Å². The third kappa shape index (κ3) is 2.26. The van der Waals surface area contributed by atoms with Gasteiger partial charge in [-0.05, 0) is 56.8 Å². The van der Waals surface area contributed by atoms with Crippen LogP contribution in [-0.4, -0.2) is 16.9 Å². The fraction of sp³-hybridized carbons (Fsp3) is 0.875. The summed E-state index contributed by atoms with van der Waals surface area (Å²) in [4.78, 5) is 13.1. The van der Waals surface area contributed by atoms with Crippen LogP contribution in [0.1, 0.15) is 58.3 Å². The van der Waals surface area contributed by atoms with Crippen molar-refractivity contribution in [2.75, 3.05) is 0 Å². The van der Waals surface area contributed by atoms with E-state index in [1.54, 1.807) is 0 Å². The van der Waals surface area contributed by atoms with Crippen LogP contribution in [-0.2, 0) is 4.79 Å². The Morgan fingerprint density at radius 2 is 2.00 bits per heavy atom. The number of hydrogen-bond acceptors (Lipinski definition) is 2. The smallest absolute Gasteiger partial charge is 0.233 e. The van der Waals surface area contributed by atoms with Crippen molar-refractivity contribution < 1.29 is 4.79 Å². The highest BCUT2D eigenvalue weighted by Gasteiger charge is 2.46. The molecular formula is C16H26N2OS. The maximum absolute atomic E-state index is 12.7. The van der Waals surface area contributed by atoms with Gasteiger partial charge in [-0.25, -0.2) is 0 Å². The van der Waals surface area contributed by atoms with Crippen LogP contribution in [0.25, 0.3) is 0 Å². The largest absolute Gasteiger partial charge is 0.392 e. The fourth-order valence-corrected chi connectivity index (χ4v) is 5.22. The summed E-state index contributed by atoms with van der Waals surface area (Å²) < 4.78 is 0. The van der Waals surface area contributed by atoms with E-state index in [4.69, 9.17) is 18.0 Å². The molecular weight excluding hydrogens is 268 g/mol. The van der Waals surface area contributed by atoms with Crippen molar-refractivity contribution >= 4 is 23.1 Å². The highest BCUT2D eigenvalue weighted by Crippen LogP contribution is 2.49. The van der Waals surface area contributed by atoms with Crippen LogP contribution in [0.4, 0.5) is 0 Å². The third-order valence-corrected chi connectivity index (χ3v) is 6.55. The van der Waals surface area contributed by atoms with E-state index in [0.29, 0.717) is 10.9 Å². The molecule has 0 aliphatic heterocycles. The van der Waals surface area contributed by atoms with Gasteiger partial charge in [0.25, 0.3) is 0 Å². The second-order valence-corrected chi connectivity index (χ2v) is 7.69. The number of thiocarbonyl (C=S) groups is 1. The van der Waals surface area contributed by atoms with Crippen LogP contribution in [0.2, 0.25) is 0 Å². The SMILES string of the molecule is CC(NC(=O)C1(C(N)=S)CCCC1)C1CC2CCC1C2. The van der Waals surface area contributed by atoms with Gasteiger partial charge in [-0.3, -0.25) is 4.79 Å². The second kappa shape index (κ2) is 5.28. The lowest BCUT2D eigenvalue weighted by Crippen LogP contribution is -2.51. The van der Waals surface area contributed by atoms with E-state index in [1.165, 1.54) is 25.7 Å². The molecule has 4 atom stereocenters. The van der Waals surface area contributed by atoms with E-state index in [2.05, 4.69) is 12.2 Å². The Bertz CT molecular complexity index is 417. The minimum absolute atomic E-state index is 0.0952. The number of carbonyl (C=O) groups is 1. The Kier molecular flexibility index (Phi) is 3.78. The van der Waals surface area contributed by atoms with Crippen molar-refractivity contribution in [2.45, 2.75) is 64.3 Å². The summed E-state index contributed by atoms with van der Waals surface area (Å²) in [5.41, 5.74) is 5.34. The summed E-state index contributed by atoms with van der Waals surface area (Å²) in [6.45, 7) is 2.17. The molecule has 4 heteroatoms. The molecule has 3 N–H and O–H groups in total. The topological polar surface area (TPSA) is 55.1 Å². The van der Waals surface area contributed by atoms with E-state index >= 15 is 0 Å². The Balaban J connectivity index is 1.64. The van der Waals surface area contributed by atoms with Crippen molar-refractivity contribution in [3.05, 3.63) is 0 Å². The highest BCUT2D eigenvalue weighted by molar-refractivity contribution is 7.80. The number of rotatable bonds is 4. The molecule has 1 amide bonds. The number of hydrogen-bond donors (Lipinski definition) is 2. The number of nitrogens with one attached hydrogen (secondary N) is 1. The lowest BCUT2D eigenvalue weighted by Gasteiger charge is -2.33. The Hall–Kier alpha value is -0.640. The average Bonchev–Trinajstić information content (AvgIpc) is 3.14. The van der Waals surface area contributed by atoms with Gasteiger partial charge in [0.15, 0.2) is 0 Å². The van der Waals surface area contributed by atoms with Gasteiger partial charge in [0.1, 0.15) is 0 Å². The van der Waals surface area contributed by atoms with Crippen molar-refractivity contribution in [1.29, 1.82) is 0 Å². The molecule has 0 spiro atoms. The molecule has 20 heavy (non-hydrogen) atoms. The van der Waals surface area contributed by atoms with Crippen LogP contribution in [0.5, 0.6) is 0 Å². The molecule has 3 aliphatic carbocycles. The second-order valence-electron chi connectivity index (χ2n) is 7.25. The van der Waals surface area contributed by atoms with Crippen LogP contribution >= 0.6 is 12.2 Å². The minimum Gasteiger partial charge on any atom is -0.392 e. The monoisotopic (exact) mass is 294 g/mol. The molecule has 4 unspecified atom stereocenters. The molecule has 3 rings (SSSR count). The van der Waals surface area contributed by atoms with Gasteiger partial charge in [0.05, 0.1) is 10.4 Å². The number of fused-ring (bicyclic) bond motifs is 2. The minimum atomic E-state index is -0.554. The fourth-order valence-electron chi connectivity index (χ4n) is 4.92. The normalized spacial score (nSPS) is 36.0. The zero-order valence-electron chi connectivity index (χ0n) is 12.4. The van der Waals surface area contributed by atoms with Gasteiger partial charge in [0.2, 0.25) is 5.91 Å². The summed E-state index contributed by atoms with van der Waals surface area (Å²) in [5.74, 6) is 2.51. The molecule has 3 nitrogen and oxygen atoms in total. The third-order valence-electron chi connectivity index (χ3n) is 6.16. The quantitative estimate of drug-likeness (QED) is 0.784. The van der Waals surface area contributed by atoms with Crippen molar-refractivity contribution in [1.82, 2.24) is 5.32 Å². The molecule has 0 radical (unpaired) electrons. The zero-order chi connectivity index (χ0) is 14.3. The van der Waals surface area contributed by atoms with Gasteiger partial charge in [0, 0.05) is 6.04 Å². The number of amides is 1. The van der Waals surface area contributed by atoms with E-state index < -0.39 is 5.41 Å². The van der Waals surface area contributed by atoms with Gasteiger partial charge in [-0.1, -0.05) is 31.5 Å². The van der Waals surface area contributed by atoms with E-state index in [9.17, 15) is 4.79 Å². The van der Waals surface area contributed by atoms with Crippen molar-refractivity contribution in [2.24, 2.45) is 28.9 Å².